The number of nitrogens with one attached hydrogen (secondary N) is 1. The number of carbonyl (C=O) groups is 2. The fourth-order valence-corrected chi connectivity index (χ4v) is 2.66. The van der Waals surface area contributed by atoms with Crippen molar-refractivity contribution in [3.8, 4) is 0 Å². The molecule has 1 rings (SSSR count). The van der Waals surface area contributed by atoms with Gasteiger partial charge in [-0.3, -0.25) is 9.59 Å². The lowest BCUT2D eigenvalue weighted by atomic mass is 10.1. The van der Waals surface area contributed by atoms with Gasteiger partial charge in [-0.15, -0.1) is 0 Å². The van der Waals surface area contributed by atoms with Crippen LogP contribution in [0.1, 0.15) is 52.5 Å². The highest BCUT2D eigenvalue weighted by atomic mass is 35.5. The molecule has 1 N–H and O–H groups in total. The normalized spacial score (nSPS) is 12.1. The summed E-state index contributed by atoms with van der Waals surface area (Å²) in [6.07, 6.45) is 1.74. The summed E-state index contributed by atoms with van der Waals surface area (Å²) in [5.41, 5.74) is 0.856. The van der Waals surface area contributed by atoms with Crippen LogP contribution >= 0.6 is 11.6 Å². The van der Waals surface area contributed by atoms with Crippen molar-refractivity contribution < 1.29 is 9.59 Å². The van der Waals surface area contributed by atoms with Crippen LogP contribution in [0, 0.1) is 0 Å². The molecule has 0 spiro atoms. The van der Waals surface area contributed by atoms with Crippen molar-refractivity contribution in [3.05, 3.63) is 34.9 Å². The summed E-state index contributed by atoms with van der Waals surface area (Å²) in [5.74, 6) is -0.128. The molecule has 4 nitrogen and oxygen atoms in total. The standard InChI is InChI=1S/C18H27ClN2O2/c1-5-9-17(22)21(12-14-10-7-8-11-15(14)19)16(6-2)18(23)20-13(3)4/h7-8,10-11,13,16H,5-6,9,12H2,1-4H3,(H,20,23)/t16-/m1/s1. The molecule has 1 atom stereocenters. The first-order valence-electron chi connectivity index (χ1n) is 8.23. The lowest BCUT2D eigenvalue weighted by molar-refractivity contribution is -0.141. The van der Waals surface area contributed by atoms with E-state index in [-0.39, 0.29) is 17.9 Å². The maximum Gasteiger partial charge on any atom is 0.243 e. The van der Waals surface area contributed by atoms with Crippen LogP contribution in [0.5, 0.6) is 0 Å². The second kappa shape index (κ2) is 9.56. The Hall–Kier alpha value is -1.55. The number of benzene rings is 1. The van der Waals surface area contributed by atoms with E-state index < -0.39 is 6.04 Å². The third-order valence-corrected chi connectivity index (χ3v) is 3.95. The average molecular weight is 339 g/mol. The number of carbonyl (C=O) groups excluding carboxylic acids is 2. The highest BCUT2D eigenvalue weighted by Crippen LogP contribution is 2.20. The van der Waals surface area contributed by atoms with E-state index in [1.165, 1.54) is 0 Å². The van der Waals surface area contributed by atoms with Gasteiger partial charge in [-0.1, -0.05) is 43.6 Å². The number of nitrogens with zero attached hydrogens (tertiary/aromatic N) is 1. The zero-order valence-corrected chi connectivity index (χ0v) is 15.2. The molecule has 0 aliphatic carbocycles. The Bertz CT molecular complexity index is 532. The molecule has 128 valence electrons. The zero-order chi connectivity index (χ0) is 17.4. The third-order valence-electron chi connectivity index (χ3n) is 3.58. The van der Waals surface area contributed by atoms with Gasteiger partial charge < -0.3 is 10.2 Å². The summed E-state index contributed by atoms with van der Waals surface area (Å²) in [6.45, 7) is 8.06. The van der Waals surface area contributed by atoms with E-state index in [0.29, 0.717) is 24.4 Å². The Morgan fingerprint density at radius 3 is 2.39 bits per heavy atom. The van der Waals surface area contributed by atoms with E-state index in [4.69, 9.17) is 11.6 Å². The highest BCUT2D eigenvalue weighted by molar-refractivity contribution is 6.31. The van der Waals surface area contributed by atoms with Crippen LogP contribution in [-0.4, -0.2) is 28.8 Å². The summed E-state index contributed by atoms with van der Waals surface area (Å²) in [4.78, 5) is 26.7. The van der Waals surface area contributed by atoms with Crippen LogP contribution in [0.15, 0.2) is 24.3 Å². The molecular formula is C18H27ClN2O2. The Balaban J connectivity index is 3.05. The minimum absolute atomic E-state index is 0.0156. The molecular weight excluding hydrogens is 312 g/mol. The Morgan fingerprint density at radius 2 is 1.87 bits per heavy atom. The van der Waals surface area contributed by atoms with Crippen LogP contribution in [0.3, 0.4) is 0 Å². The summed E-state index contributed by atoms with van der Waals surface area (Å²) >= 11 is 6.22. The van der Waals surface area contributed by atoms with Gasteiger partial charge in [0.15, 0.2) is 0 Å². The maximum absolute atomic E-state index is 12.6. The number of hydrogen-bond donors (Lipinski definition) is 1. The van der Waals surface area contributed by atoms with E-state index >= 15 is 0 Å². The molecule has 0 saturated carbocycles. The van der Waals surface area contributed by atoms with Gasteiger partial charge in [0.1, 0.15) is 6.04 Å². The summed E-state index contributed by atoms with van der Waals surface area (Å²) in [7, 11) is 0. The molecule has 5 heteroatoms. The monoisotopic (exact) mass is 338 g/mol. The van der Waals surface area contributed by atoms with Crippen LogP contribution in [0.25, 0.3) is 0 Å². The fourth-order valence-electron chi connectivity index (χ4n) is 2.47. The third kappa shape index (κ3) is 5.87. The van der Waals surface area contributed by atoms with Crippen LogP contribution in [0.4, 0.5) is 0 Å². The molecule has 1 aromatic carbocycles. The molecule has 0 aromatic heterocycles. The molecule has 0 fully saturated rings. The van der Waals surface area contributed by atoms with Crippen LogP contribution < -0.4 is 5.32 Å². The van der Waals surface area contributed by atoms with E-state index in [9.17, 15) is 9.59 Å². The molecule has 0 saturated heterocycles. The Labute approximate surface area is 144 Å². The Kier molecular flexibility index (Phi) is 8.10. The summed E-state index contributed by atoms with van der Waals surface area (Å²) in [6, 6.07) is 7.00. The number of halogens is 1. The Morgan fingerprint density at radius 1 is 1.22 bits per heavy atom. The first-order valence-corrected chi connectivity index (χ1v) is 8.61. The summed E-state index contributed by atoms with van der Waals surface area (Å²) in [5, 5.41) is 3.52. The topological polar surface area (TPSA) is 49.4 Å². The molecule has 0 bridgehead atoms. The first kappa shape index (κ1) is 19.5. The van der Waals surface area contributed by atoms with Crippen molar-refractivity contribution in [1.82, 2.24) is 10.2 Å². The van der Waals surface area contributed by atoms with Gasteiger partial charge in [0, 0.05) is 24.0 Å². The predicted molar refractivity (Wildman–Crippen MR) is 94.3 cm³/mol. The molecule has 0 heterocycles. The predicted octanol–water partition coefficient (Wildman–Crippen LogP) is 3.77. The van der Waals surface area contributed by atoms with Crippen molar-refractivity contribution in [2.24, 2.45) is 0 Å². The first-order chi connectivity index (χ1) is 10.9. The highest BCUT2D eigenvalue weighted by Gasteiger charge is 2.28. The molecule has 0 radical (unpaired) electrons. The van der Waals surface area contributed by atoms with Crippen LogP contribution in [-0.2, 0) is 16.1 Å². The van der Waals surface area contributed by atoms with Gasteiger partial charge in [-0.25, -0.2) is 0 Å². The van der Waals surface area contributed by atoms with Crippen molar-refractivity contribution in [1.29, 1.82) is 0 Å². The van der Waals surface area contributed by atoms with Crippen molar-refractivity contribution in [2.75, 3.05) is 0 Å². The zero-order valence-electron chi connectivity index (χ0n) is 14.4. The number of hydrogen-bond acceptors (Lipinski definition) is 2. The SMILES string of the molecule is CCCC(=O)N(Cc1ccccc1Cl)[C@H](CC)C(=O)NC(C)C. The lowest BCUT2D eigenvalue weighted by Gasteiger charge is -2.31. The van der Waals surface area contributed by atoms with E-state index in [1.54, 1.807) is 11.0 Å². The van der Waals surface area contributed by atoms with Gasteiger partial charge in [0.25, 0.3) is 0 Å². The largest absolute Gasteiger partial charge is 0.352 e. The van der Waals surface area contributed by atoms with Gasteiger partial charge >= 0.3 is 0 Å². The van der Waals surface area contributed by atoms with Crippen molar-refractivity contribution in [3.63, 3.8) is 0 Å². The molecule has 0 aliphatic heterocycles. The second-order valence-corrected chi connectivity index (χ2v) is 6.36. The molecule has 0 unspecified atom stereocenters. The second-order valence-electron chi connectivity index (χ2n) is 5.95. The van der Waals surface area contributed by atoms with E-state index in [2.05, 4.69) is 5.32 Å². The van der Waals surface area contributed by atoms with Gasteiger partial charge in [-0.2, -0.15) is 0 Å². The summed E-state index contributed by atoms with van der Waals surface area (Å²) < 4.78 is 0. The van der Waals surface area contributed by atoms with Gasteiger partial charge in [0.05, 0.1) is 0 Å². The average Bonchev–Trinajstić information content (AvgIpc) is 2.48. The smallest absolute Gasteiger partial charge is 0.243 e. The molecule has 23 heavy (non-hydrogen) atoms. The van der Waals surface area contributed by atoms with Crippen LogP contribution in [0.2, 0.25) is 5.02 Å². The van der Waals surface area contributed by atoms with Gasteiger partial charge in [0.2, 0.25) is 11.8 Å². The quantitative estimate of drug-likeness (QED) is 0.784. The molecule has 2 amide bonds. The van der Waals surface area contributed by atoms with E-state index in [1.807, 2.05) is 45.9 Å². The number of rotatable bonds is 8. The molecule has 0 aliphatic rings. The minimum atomic E-state index is -0.479. The van der Waals surface area contributed by atoms with E-state index in [0.717, 1.165) is 12.0 Å². The maximum atomic E-state index is 12.6. The lowest BCUT2D eigenvalue weighted by Crippen LogP contribution is -2.50. The minimum Gasteiger partial charge on any atom is -0.352 e. The molecule has 1 aromatic rings. The fraction of sp³-hybridized carbons (Fsp3) is 0.556. The van der Waals surface area contributed by atoms with Crippen molar-refractivity contribution >= 4 is 23.4 Å². The van der Waals surface area contributed by atoms with Crippen molar-refractivity contribution in [2.45, 2.75) is 65.6 Å². The number of amides is 2. The van der Waals surface area contributed by atoms with Gasteiger partial charge in [-0.05, 0) is 38.3 Å².